The van der Waals surface area contributed by atoms with Crippen LogP contribution in [0.5, 0.6) is 0 Å². The van der Waals surface area contributed by atoms with E-state index >= 15 is 0 Å². The van der Waals surface area contributed by atoms with Crippen molar-refractivity contribution in [2.24, 2.45) is 0 Å². The number of benzene rings is 3. The Morgan fingerprint density at radius 1 is 0.914 bits per heavy atom. The first-order chi connectivity index (χ1) is 17.0. The molecule has 0 saturated carbocycles. The zero-order valence-corrected chi connectivity index (χ0v) is 20.2. The van der Waals surface area contributed by atoms with E-state index in [1.165, 1.54) is 12.1 Å². The number of carboxylic acid groups (broad SMARTS) is 1. The van der Waals surface area contributed by atoms with Gasteiger partial charge < -0.3 is 15.0 Å². The molecule has 0 fully saturated rings. The van der Waals surface area contributed by atoms with Gasteiger partial charge in [-0.25, -0.2) is 4.79 Å². The Balaban J connectivity index is 1.51. The molecule has 35 heavy (non-hydrogen) atoms. The number of carbonyl (C=O) groups is 2. The van der Waals surface area contributed by atoms with Crippen LogP contribution < -0.4 is 5.32 Å². The van der Waals surface area contributed by atoms with E-state index in [-0.39, 0.29) is 11.1 Å². The van der Waals surface area contributed by atoms with E-state index < -0.39 is 11.9 Å². The third-order valence-corrected chi connectivity index (χ3v) is 6.45. The highest BCUT2D eigenvalue weighted by molar-refractivity contribution is 7.99. The number of nitrogens with zero attached hydrogens (tertiary/aromatic N) is 3. The van der Waals surface area contributed by atoms with Crippen molar-refractivity contribution in [2.75, 3.05) is 5.32 Å². The molecule has 0 radical (unpaired) electrons. The average Bonchev–Trinajstić information content (AvgIpc) is 3.25. The van der Waals surface area contributed by atoms with Gasteiger partial charge >= 0.3 is 5.97 Å². The Kier molecular flexibility index (Phi) is 7.95. The van der Waals surface area contributed by atoms with E-state index in [9.17, 15) is 14.7 Å². The average molecular weight is 487 g/mol. The number of carbonyl (C=O) groups excluding carboxylic acids is 1. The van der Waals surface area contributed by atoms with Crippen LogP contribution in [0.3, 0.4) is 0 Å². The first kappa shape index (κ1) is 24.2. The topological polar surface area (TPSA) is 97.1 Å². The van der Waals surface area contributed by atoms with E-state index in [1.54, 1.807) is 23.9 Å². The van der Waals surface area contributed by atoms with Gasteiger partial charge in [0.05, 0.1) is 17.7 Å². The lowest BCUT2D eigenvalue weighted by molar-refractivity contribution is 0.0692. The zero-order chi connectivity index (χ0) is 24.6. The van der Waals surface area contributed by atoms with E-state index in [0.717, 1.165) is 40.7 Å². The Labute approximate surface area is 208 Å². The van der Waals surface area contributed by atoms with Gasteiger partial charge in [0.2, 0.25) is 0 Å². The molecule has 0 aliphatic rings. The molecule has 1 aromatic heterocycles. The van der Waals surface area contributed by atoms with Crippen molar-refractivity contribution in [3.05, 3.63) is 101 Å². The van der Waals surface area contributed by atoms with Crippen LogP contribution in [-0.4, -0.2) is 31.7 Å². The molecule has 4 aromatic rings. The Morgan fingerprint density at radius 3 is 2.29 bits per heavy atom. The lowest BCUT2D eigenvalue weighted by Gasteiger charge is -2.12. The number of amides is 1. The molecular formula is C27H26N4O3S. The summed E-state index contributed by atoms with van der Waals surface area (Å²) in [5.74, 6) is -0.644. The Hall–Kier alpha value is -3.91. The summed E-state index contributed by atoms with van der Waals surface area (Å²) in [6, 6.07) is 23.8. The number of aryl methyl sites for hydroxylation is 1. The minimum absolute atomic E-state index is 0.0303. The molecule has 1 heterocycles. The van der Waals surface area contributed by atoms with E-state index in [0.29, 0.717) is 12.2 Å². The molecule has 0 saturated heterocycles. The maximum Gasteiger partial charge on any atom is 0.336 e. The van der Waals surface area contributed by atoms with Crippen LogP contribution in [0, 0.1) is 0 Å². The predicted octanol–water partition coefficient (Wildman–Crippen LogP) is 5.77. The normalized spacial score (nSPS) is 10.8. The van der Waals surface area contributed by atoms with Gasteiger partial charge in [-0.3, -0.25) is 4.79 Å². The standard InChI is InChI=1S/C27H26N4O3S/c1-2-3-13-24-29-30-27(35-21-9-5-4-6-10-21)31(24)18-19-14-16-20(17-15-19)28-25(32)22-11-7-8-12-23(22)26(33)34/h4-12,14-17H,2-3,13,18H2,1H3,(H,28,32)(H,33,34). The van der Waals surface area contributed by atoms with Crippen molar-refractivity contribution in [2.45, 2.75) is 42.8 Å². The van der Waals surface area contributed by atoms with E-state index in [1.807, 2.05) is 42.5 Å². The molecule has 0 bridgehead atoms. The smallest absolute Gasteiger partial charge is 0.336 e. The fraction of sp³-hybridized carbons (Fsp3) is 0.185. The van der Waals surface area contributed by atoms with Crippen molar-refractivity contribution < 1.29 is 14.7 Å². The highest BCUT2D eigenvalue weighted by Gasteiger charge is 2.17. The van der Waals surface area contributed by atoms with Gasteiger partial charge in [-0.05, 0) is 60.1 Å². The molecule has 0 atom stereocenters. The number of carboxylic acids is 1. The van der Waals surface area contributed by atoms with Gasteiger partial charge in [-0.2, -0.15) is 0 Å². The van der Waals surface area contributed by atoms with Crippen LogP contribution >= 0.6 is 11.8 Å². The molecule has 1 amide bonds. The van der Waals surface area contributed by atoms with Crippen molar-refractivity contribution in [3.63, 3.8) is 0 Å². The lowest BCUT2D eigenvalue weighted by atomic mass is 10.1. The van der Waals surface area contributed by atoms with Crippen LogP contribution in [0.2, 0.25) is 0 Å². The molecule has 0 spiro atoms. The first-order valence-electron chi connectivity index (χ1n) is 11.4. The third-order valence-electron chi connectivity index (χ3n) is 5.45. The second-order valence-electron chi connectivity index (χ2n) is 8.01. The number of anilines is 1. The van der Waals surface area contributed by atoms with Crippen molar-refractivity contribution in [1.82, 2.24) is 14.8 Å². The molecule has 2 N–H and O–H groups in total. The number of aromatic carboxylic acids is 1. The van der Waals surface area contributed by atoms with Gasteiger partial charge in [-0.1, -0.05) is 55.8 Å². The minimum Gasteiger partial charge on any atom is -0.478 e. The molecule has 178 valence electrons. The maximum absolute atomic E-state index is 12.6. The van der Waals surface area contributed by atoms with Crippen molar-refractivity contribution in [3.8, 4) is 0 Å². The number of unbranched alkanes of at least 4 members (excludes halogenated alkanes) is 1. The molecule has 3 aromatic carbocycles. The maximum atomic E-state index is 12.6. The number of rotatable bonds is 10. The summed E-state index contributed by atoms with van der Waals surface area (Å²) in [4.78, 5) is 25.2. The molecule has 8 heteroatoms. The van der Waals surface area contributed by atoms with E-state index in [2.05, 4.69) is 39.1 Å². The summed E-state index contributed by atoms with van der Waals surface area (Å²) in [6.45, 7) is 2.76. The molecular weight excluding hydrogens is 460 g/mol. The second kappa shape index (κ2) is 11.5. The first-order valence-corrected chi connectivity index (χ1v) is 12.2. The molecule has 0 unspecified atom stereocenters. The fourth-order valence-corrected chi connectivity index (χ4v) is 4.47. The minimum atomic E-state index is -1.14. The van der Waals surface area contributed by atoms with Crippen molar-refractivity contribution in [1.29, 1.82) is 0 Å². The zero-order valence-electron chi connectivity index (χ0n) is 19.3. The second-order valence-corrected chi connectivity index (χ2v) is 9.05. The molecule has 4 rings (SSSR count). The summed E-state index contributed by atoms with van der Waals surface area (Å²) < 4.78 is 2.14. The molecule has 7 nitrogen and oxygen atoms in total. The number of hydrogen-bond donors (Lipinski definition) is 2. The highest BCUT2D eigenvalue weighted by Crippen LogP contribution is 2.27. The predicted molar refractivity (Wildman–Crippen MR) is 136 cm³/mol. The van der Waals surface area contributed by atoms with Crippen LogP contribution in [0.25, 0.3) is 0 Å². The SMILES string of the molecule is CCCCc1nnc(Sc2ccccc2)n1Cc1ccc(NC(=O)c2ccccc2C(=O)O)cc1. The summed E-state index contributed by atoms with van der Waals surface area (Å²) in [6.07, 6.45) is 2.97. The summed E-state index contributed by atoms with van der Waals surface area (Å²) in [5.41, 5.74) is 1.73. The van der Waals surface area contributed by atoms with Gasteiger partial charge in [-0.15, -0.1) is 10.2 Å². The number of aromatic nitrogens is 3. The van der Waals surface area contributed by atoms with E-state index in [4.69, 9.17) is 0 Å². The lowest BCUT2D eigenvalue weighted by Crippen LogP contribution is -2.16. The summed E-state index contributed by atoms with van der Waals surface area (Å²) in [7, 11) is 0. The van der Waals surface area contributed by atoms with Gasteiger partial charge in [0.1, 0.15) is 5.82 Å². The largest absolute Gasteiger partial charge is 0.478 e. The summed E-state index contributed by atoms with van der Waals surface area (Å²) >= 11 is 1.58. The van der Waals surface area contributed by atoms with Gasteiger partial charge in [0.25, 0.3) is 5.91 Å². The Bertz CT molecular complexity index is 1300. The third kappa shape index (κ3) is 6.16. The van der Waals surface area contributed by atoms with Crippen LogP contribution in [0.4, 0.5) is 5.69 Å². The van der Waals surface area contributed by atoms with Gasteiger partial charge in [0.15, 0.2) is 5.16 Å². The van der Waals surface area contributed by atoms with Crippen LogP contribution in [0.15, 0.2) is 88.9 Å². The van der Waals surface area contributed by atoms with Crippen LogP contribution in [0.1, 0.15) is 51.9 Å². The Morgan fingerprint density at radius 2 is 1.60 bits per heavy atom. The molecule has 0 aliphatic heterocycles. The highest BCUT2D eigenvalue weighted by atomic mass is 32.2. The fourth-order valence-electron chi connectivity index (χ4n) is 3.61. The van der Waals surface area contributed by atoms with Gasteiger partial charge in [0, 0.05) is 17.0 Å². The summed E-state index contributed by atoms with van der Waals surface area (Å²) in [5, 5.41) is 21.9. The quantitative estimate of drug-likeness (QED) is 0.295. The monoisotopic (exact) mass is 486 g/mol. The number of nitrogens with one attached hydrogen (secondary N) is 1. The van der Waals surface area contributed by atoms with Crippen LogP contribution in [-0.2, 0) is 13.0 Å². The molecule has 0 aliphatic carbocycles. The number of hydrogen-bond acceptors (Lipinski definition) is 5. The van der Waals surface area contributed by atoms with Crippen molar-refractivity contribution >= 4 is 29.3 Å².